The van der Waals surface area contributed by atoms with E-state index >= 15 is 0 Å². The van der Waals surface area contributed by atoms with Crippen molar-refractivity contribution >= 4 is 6.29 Å². The van der Waals surface area contributed by atoms with Gasteiger partial charge in [-0.3, -0.25) is 4.79 Å². The largest absolute Gasteiger partial charge is 0.490 e. The van der Waals surface area contributed by atoms with Gasteiger partial charge in [-0.25, -0.2) is 0 Å². The first-order valence-corrected chi connectivity index (χ1v) is 7.59. The van der Waals surface area contributed by atoms with Crippen LogP contribution in [-0.4, -0.2) is 19.5 Å². The molecule has 0 fully saturated rings. The van der Waals surface area contributed by atoms with Crippen molar-refractivity contribution < 1.29 is 14.3 Å². The van der Waals surface area contributed by atoms with E-state index in [0.717, 1.165) is 37.9 Å². The summed E-state index contributed by atoms with van der Waals surface area (Å²) in [5.74, 6) is 1.37. The van der Waals surface area contributed by atoms with Gasteiger partial charge in [-0.15, -0.1) is 0 Å². The molecule has 0 spiro atoms. The van der Waals surface area contributed by atoms with E-state index in [9.17, 15) is 4.79 Å². The molecule has 3 heteroatoms. The molecule has 111 valence electrons. The van der Waals surface area contributed by atoms with Crippen LogP contribution < -0.4 is 9.47 Å². The molecule has 0 saturated carbocycles. The summed E-state index contributed by atoms with van der Waals surface area (Å²) in [6, 6.07) is 5.20. The Balaban J connectivity index is 2.58. The van der Waals surface area contributed by atoms with Crippen molar-refractivity contribution in [1.82, 2.24) is 0 Å². The zero-order valence-corrected chi connectivity index (χ0v) is 12.6. The number of carbonyl (C=O) groups excluding carboxylic acids is 1. The molecule has 0 unspecified atom stereocenters. The molecule has 0 aromatic heterocycles. The molecule has 0 aliphatic carbocycles. The van der Waals surface area contributed by atoms with Crippen LogP contribution in [0.4, 0.5) is 0 Å². The molecule has 1 radical (unpaired) electrons. The van der Waals surface area contributed by atoms with Gasteiger partial charge in [0.05, 0.1) is 13.2 Å². The van der Waals surface area contributed by atoms with E-state index in [1.807, 2.05) is 6.29 Å². The number of rotatable bonds is 11. The van der Waals surface area contributed by atoms with Crippen LogP contribution in [0.25, 0.3) is 0 Å². The van der Waals surface area contributed by atoms with E-state index in [1.54, 1.807) is 18.2 Å². The van der Waals surface area contributed by atoms with Gasteiger partial charge in [-0.05, 0) is 31.0 Å². The second kappa shape index (κ2) is 10.3. The minimum atomic E-state index is 0.497. The predicted molar refractivity (Wildman–Crippen MR) is 81.3 cm³/mol. The lowest BCUT2D eigenvalue weighted by Gasteiger charge is -2.13. The molecule has 0 bridgehead atoms. The maximum atomic E-state index is 10.7. The van der Waals surface area contributed by atoms with Crippen molar-refractivity contribution in [3.05, 3.63) is 23.8 Å². The third-order valence-electron chi connectivity index (χ3n) is 3.07. The van der Waals surface area contributed by atoms with E-state index in [2.05, 4.69) is 13.8 Å². The normalized spacial score (nSPS) is 10.3. The molecule has 1 rings (SSSR count). The Morgan fingerprint density at radius 2 is 1.50 bits per heavy atom. The van der Waals surface area contributed by atoms with Gasteiger partial charge in [0.15, 0.2) is 11.5 Å². The predicted octanol–water partition coefficient (Wildman–Crippen LogP) is 4.28. The van der Waals surface area contributed by atoms with Gasteiger partial charge >= 0.3 is 0 Å². The molecule has 20 heavy (non-hydrogen) atoms. The maximum absolute atomic E-state index is 10.7. The number of ether oxygens (including phenoxy) is 2. The molecule has 1 aromatic carbocycles. The highest BCUT2D eigenvalue weighted by atomic mass is 16.5. The summed E-state index contributed by atoms with van der Waals surface area (Å²) in [7, 11) is 0. The number of benzene rings is 1. The fourth-order valence-corrected chi connectivity index (χ4v) is 1.87. The summed E-state index contributed by atoms with van der Waals surface area (Å²) < 4.78 is 11.5. The Bertz CT molecular complexity index is 388. The third kappa shape index (κ3) is 6.09. The second-order valence-electron chi connectivity index (χ2n) is 4.87. The summed E-state index contributed by atoms with van der Waals surface area (Å²) in [5, 5.41) is 0. The molecule has 3 nitrogen and oxygen atoms in total. The SMILES string of the molecule is CCCCCOc1ccc([C]=O)cc1OCCCCC. The fraction of sp³-hybridized carbons (Fsp3) is 0.588. The van der Waals surface area contributed by atoms with Crippen molar-refractivity contribution in [2.45, 2.75) is 52.4 Å². The Kier molecular flexibility index (Phi) is 8.52. The molecule has 0 atom stereocenters. The van der Waals surface area contributed by atoms with Crippen molar-refractivity contribution in [3.63, 3.8) is 0 Å². The van der Waals surface area contributed by atoms with E-state index < -0.39 is 0 Å². The van der Waals surface area contributed by atoms with E-state index in [1.165, 1.54) is 6.42 Å². The molecular formula is C17H25O3. The number of unbranched alkanes of at least 4 members (excludes halogenated alkanes) is 4. The van der Waals surface area contributed by atoms with Crippen LogP contribution in [0.1, 0.15) is 57.9 Å². The summed E-state index contributed by atoms with van der Waals surface area (Å²) in [6.07, 6.45) is 8.57. The molecule has 0 aliphatic rings. The minimum absolute atomic E-state index is 0.497. The standard InChI is InChI=1S/C17H25O3/c1-3-5-7-11-19-16-10-9-15(14-18)13-17(16)20-12-8-6-4-2/h9-10,13H,3-8,11-12H2,1-2H3. The van der Waals surface area contributed by atoms with Crippen LogP contribution in [0.2, 0.25) is 0 Å². The Morgan fingerprint density at radius 1 is 0.900 bits per heavy atom. The number of hydrogen-bond acceptors (Lipinski definition) is 3. The molecular weight excluding hydrogens is 252 g/mol. The van der Waals surface area contributed by atoms with E-state index in [0.29, 0.717) is 24.5 Å². The smallest absolute Gasteiger partial charge is 0.233 e. The van der Waals surface area contributed by atoms with E-state index in [4.69, 9.17) is 9.47 Å². The summed E-state index contributed by atoms with van der Waals surface area (Å²) in [4.78, 5) is 10.7. The third-order valence-corrected chi connectivity index (χ3v) is 3.07. The van der Waals surface area contributed by atoms with Gasteiger partial charge < -0.3 is 9.47 Å². The molecule has 0 aliphatic heterocycles. The van der Waals surface area contributed by atoms with Gasteiger partial charge in [-0.1, -0.05) is 39.5 Å². The zero-order chi connectivity index (χ0) is 14.6. The maximum Gasteiger partial charge on any atom is 0.233 e. The summed E-state index contributed by atoms with van der Waals surface area (Å²) >= 11 is 0. The van der Waals surface area contributed by atoms with Crippen LogP contribution >= 0.6 is 0 Å². The highest BCUT2D eigenvalue weighted by Gasteiger charge is 2.07. The molecule has 0 amide bonds. The summed E-state index contributed by atoms with van der Waals surface area (Å²) in [5.41, 5.74) is 0.497. The minimum Gasteiger partial charge on any atom is -0.490 e. The second-order valence-corrected chi connectivity index (χ2v) is 4.87. The Morgan fingerprint density at radius 3 is 2.05 bits per heavy atom. The van der Waals surface area contributed by atoms with Gasteiger partial charge in [0.2, 0.25) is 6.29 Å². The molecule has 0 saturated heterocycles. The first-order chi connectivity index (χ1) is 9.81. The lowest BCUT2D eigenvalue weighted by Crippen LogP contribution is -2.03. The van der Waals surface area contributed by atoms with Gasteiger partial charge in [-0.2, -0.15) is 0 Å². The summed E-state index contributed by atoms with van der Waals surface area (Å²) in [6.45, 7) is 5.66. The topological polar surface area (TPSA) is 35.5 Å². The van der Waals surface area contributed by atoms with Crippen molar-refractivity contribution in [1.29, 1.82) is 0 Å². The van der Waals surface area contributed by atoms with Gasteiger partial charge in [0.1, 0.15) is 0 Å². The van der Waals surface area contributed by atoms with Crippen molar-refractivity contribution in [3.8, 4) is 11.5 Å². The monoisotopic (exact) mass is 277 g/mol. The fourth-order valence-electron chi connectivity index (χ4n) is 1.87. The first-order valence-electron chi connectivity index (χ1n) is 7.59. The Labute approximate surface area is 122 Å². The van der Waals surface area contributed by atoms with E-state index in [-0.39, 0.29) is 0 Å². The van der Waals surface area contributed by atoms with Crippen molar-refractivity contribution in [2.75, 3.05) is 13.2 Å². The average molecular weight is 277 g/mol. The average Bonchev–Trinajstić information content (AvgIpc) is 2.49. The van der Waals surface area contributed by atoms with Gasteiger partial charge in [0, 0.05) is 5.56 Å². The van der Waals surface area contributed by atoms with Crippen LogP contribution in [0.3, 0.4) is 0 Å². The van der Waals surface area contributed by atoms with Gasteiger partial charge in [0.25, 0.3) is 0 Å². The van der Waals surface area contributed by atoms with Crippen molar-refractivity contribution in [2.24, 2.45) is 0 Å². The lowest BCUT2D eigenvalue weighted by molar-refractivity contribution is 0.259. The van der Waals surface area contributed by atoms with Crippen LogP contribution in [0.5, 0.6) is 11.5 Å². The highest BCUT2D eigenvalue weighted by Crippen LogP contribution is 2.28. The van der Waals surface area contributed by atoms with Crippen LogP contribution in [0.15, 0.2) is 18.2 Å². The molecule has 0 N–H and O–H groups in total. The molecule has 1 aromatic rings. The quantitative estimate of drug-likeness (QED) is 0.566. The Hall–Kier alpha value is -1.51. The zero-order valence-electron chi connectivity index (χ0n) is 12.6. The molecule has 0 heterocycles. The van der Waals surface area contributed by atoms with Crippen LogP contribution in [0, 0.1) is 0 Å². The lowest BCUT2D eigenvalue weighted by atomic mass is 10.2. The van der Waals surface area contributed by atoms with Crippen LogP contribution in [-0.2, 0) is 4.79 Å². The highest BCUT2D eigenvalue weighted by molar-refractivity contribution is 5.76. The first kappa shape index (κ1) is 16.5. The number of hydrogen-bond donors (Lipinski definition) is 0.